The van der Waals surface area contributed by atoms with Gasteiger partial charge in [-0.3, -0.25) is 4.90 Å². The summed E-state index contributed by atoms with van der Waals surface area (Å²) in [5.41, 5.74) is 6.36. The van der Waals surface area contributed by atoms with E-state index in [0.29, 0.717) is 12.1 Å². The van der Waals surface area contributed by atoms with E-state index in [1.807, 2.05) is 0 Å². The monoisotopic (exact) mass is 282 g/mol. The van der Waals surface area contributed by atoms with Crippen molar-refractivity contribution in [1.82, 2.24) is 4.90 Å². The van der Waals surface area contributed by atoms with E-state index in [0.717, 1.165) is 25.8 Å². The zero-order valence-corrected chi connectivity index (χ0v) is 12.3. The summed E-state index contributed by atoms with van der Waals surface area (Å²) in [7, 11) is 0. The van der Waals surface area contributed by atoms with Gasteiger partial charge in [0.1, 0.15) is 0 Å². The zero-order valence-electron chi connectivity index (χ0n) is 12.3. The minimum absolute atomic E-state index is 0.127. The van der Waals surface area contributed by atoms with Crippen molar-refractivity contribution in [1.29, 1.82) is 0 Å². The first-order chi connectivity index (χ1) is 9.56. The summed E-state index contributed by atoms with van der Waals surface area (Å²) in [4.78, 5) is 2.27. The standard InChI is InChI=1S/C16H24F2N2/c1-11(2)20-9-4-3-6-12(10-19)16(20)13-7-5-8-14(17)15(13)18/h5,7-8,11-12,16H,3-4,6,9-10,19H2,1-2H3. The molecule has 2 unspecified atom stereocenters. The van der Waals surface area contributed by atoms with Crippen LogP contribution in [0.3, 0.4) is 0 Å². The van der Waals surface area contributed by atoms with Gasteiger partial charge in [-0.05, 0) is 51.8 Å². The summed E-state index contributed by atoms with van der Waals surface area (Å²) in [5.74, 6) is -1.31. The van der Waals surface area contributed by atoms with Crippen LogP contribution in [0.1, 0.15) is 44.7 Å². The van der Waals surface area contributed by atoms with Crippen molar-refractivity contribution < 1.29 is 8.78 Å². The van der Waals surface area contributed by atoms with Gasteiger partial charge in [-0.1, -0.05) is 18.6 Å². The predicted molar refractivity (Wildman–Crippen MR) is 77.3 cm³/mol. The molecule has 2 atom stereocenters. The molecule has 0 saturated carbocycles. The second-order valence-corrected chi connectivity index (χ2v) is 5.91. The average molecular weight is 282 g/mol. The van der Waals surface area contributed by atoms with Crippen molar-refractivity contribution in [2.24, 2.45) is 11.7 Å². The Labute approximate surface area is 120 Å². The fourth-order valence-electron chi connectivity index (χ4n) is 3.28. The molecule has 1 aromatic rings. The molecule has 1 heterocycles. The highest BCUT2D eigenvalue weighted by Gasteiger charge is 2.33. The number of rotatable bonds is 3. The first-order valence-electron chi connectivity index (χ1n) is 7.46. The minimum atomic E-state index is -0.772. The molecule has 2 N–H and O–H groups in total. The van der Waals surface area contributed by atoms with Gasteiger partial charge in [-0.15, -0.1) is 0 Å². The lowest BCUT2D eigenvalue weighted by Crippen LogP contribution is -2.40. The molecule has 0 spiro atoms. The van der Waals surface area contributed by atoms with Crippen LogP contribution in [-0.2, 0) is 0 Å². The highest BCUT2D eigenvalue weighted by Crippen LogP contribution is 2.37. The lowest BCUT2D eigenvalue weighted by molar-refractivity contribution is 0.118. The van der Waals surface area contributed by atoms with Gasteiger partial charge in [0.25, 0.3) is 0 Å². The highest BCUT2D eigenvalue weighted by molar-refractivity contribution is 5.24. The molecule has 0 amide bonds. The lowest BCUT2D eigenvalue weighted by Gasteiger charge is -2.38. The second-order valence-electron chi connectivity index (χ2n) is 5.91. The molecule has 1 fully saturated rings. The molecule has 0 radical (unpaired) electrons. The topological polar surface area (TPSA) is 29.3 Å². The summed E-state index contributed by atoms with van der Waals surface area (Å²) in [6, 6.07) is 4.62. The third kappa shape index (κ3) is 3.01. The number of hydrogen-bond acceptors (Lipinski definition) is 2. The van der Waals surface area contributed by atoms with Crippen LogP contribution in [0.2, 0.25) is 0 Å². The third-order valence-corrected chi connectivity index (χ3v) is 4.31. The van der Waals surface area contributed by atoms with Gasteiger partial charge in [-0.25, -0.2) is 8.78 Å². The Balaban J connectivity index is 2.46. The Morgan fingerprint density at radius 2 is 2.05 bits per heavy atom. The van der Waals surface area contributed by atoms with Gasteiger partial charge in [-0.2, -0.15) is 0 Å². The molecule has 0 aliphatic carbocycles. The Hall–Kier alpha value is -1.00. The molecule has 2 nitrogen and oxygen atoms in total. The molecule has 0 bridgehead atoms. The summed E-state index contributed by atoms with van der Waals surface area (Å²) in [6.45, 7) is 5.62. The number of nitrogens with zero attached hydrogens (tertiary/aromatic N) is 1. The Bertz CT molecular complexity index is 448. The van der Waals surface area contributed by atoms with Crippen LogP contribution in [0.4, 0.5) is 8.78 Å². The van der Waals surface area contributed by atoms with E-state index in [2.05, 4.69) is 18.7 Å². The zero-order chi connectivity index (χ0) is 14.7. The molecule has 2 rings (SSSR count). The molecular weight excluding hydrogens is 258 g/mol. The molecule has 4 heteroatoms. The molecule has 1 aromatic carbocycles. The molecule has 1 aliphatic heterocycles. The number of benzene rings is 1. The van der Waals surface area contributed by atoms with E-state index in [1.54, 1.807) is 12.1 Å². The van der Waals surface area contributed by atoms with E-state index in [1.165, 1.54) is 6.07 Å². The van der Waals surface area contributed by atoms with Crippen LogP contribution < -0.4 is 5.73 Å². The van der Waals surface area contributed by atoms with Crippen LogP contribution in [0, 0.1) is 17.6 Å². The van der Waals surface area contributed by atoms with Gasteiger partial charge < -0.3 is 5.73 Å². The molecule has 0 aromatic heterocycles. The Kier molecular flexibility index (Phi) is 5.11. The van der Waals surface area contributed by atoms with E-state index in [-0.39, 0.29) is 18.0 Å². The maximum Gasteiger partial charge on any atom is 0.163 e. The van der Waals surface area contributed by atoms with Crippen LogP contribution in [0.25, 0.3) is 0 Å². The van der Waals surface area contributed by atoms with Gasteiger partial charge >= 0.3 is 0 Å². The SMILES string of the molecule is CC(C)N1CCCCC(CN)C1c1cccc(F)c1F. The Morgan fingerprint density at radius 1 is 1.30 bits per heavy atom. The van der Waals surface area contributed by atoms with Crippen molar-refractivity contribution in [3.8, 4) is 0 Å². The van der Waals surface area contributed by atoms with Crippen LogP contribution >= 0.6 is 0 Å². The number of halogens is 2. The van der Waals surface area contributed by atoms with Crippen molar-refractivity contribution >= 4 is 0 Å². The van der Waals surface area contributed by atoms with Crippen LogP contribution in [-0.4, -0.2) is 24.0 Å². The summed E-state index contributed by atoms with van der Waals surface area (Å²) in [5, 5.41) is 0. The largest absolute Gasteiger partial charge is 0.330 e. The van der Waals surface area contributed by atoms with Crippen molar-refractivity contribution in [3.05, 3.63) is 35.4 Å². The minimum Gasteiger partial charge on any atom is -0.330 e. The molecule has 20 heavy (non-hydrogen) atoms. The van der Waals surface area contributed by atoms with E-state index in [4.69, 9.17) is 5.73 Å². The van der Waals surface area contributed by atoms with Gasteiger partial charge in [0.05, 0.1) is 0 Å². The maximum absolute atomic E-state index is 14.2. The molecular formula is C16H24F2N2. The lowest BCUT2D eigenvalue weighted by atomic mass is 9.88. The van der Waals surface area contributed by atoms with Gasteiger partial charge in [0, 0.05) is 17.6 Å². The summed E-state index contributed by atoms with van der Waals surface area (Å²) < 4.78 is 27.8. The smallest absolute Gasteiger partial charge is 0.163 e. The number of nitrogens with two attached hydrogens (primary N) is 1. The van der Waals surface area contributed by atoms with Gasteiger partial charge in [0.2, 0.25) is 0 Å². The first kappa shape index (κ1) is 15.4. The average Bonchev–Trinajstić information content (AvgIpc) is 2.64. The number of hydrogen-bond donors (Lipinski definition) is 1. The van der Waals surface area contributed by atoms with Gasteiger partial charge in [0.15, 0.2) is 11.6 Å². The summed E-state index contributed by atoms with van der Waals surface area (Å²) >= 11 is 0. The molecule has 1 saturated heterocycles. The molecule has 112 valence electrons. The third-order valence-electron chi connectivity index (χ3n) is 4.31. The predicted octanol–water partition coefficient (Wildman–Crippen LogP) is 3.48. The maximum atomic E-state index is 14.2. The van der Waals surface area contributed by atoms with Crippen molar-refractivity contribution in [3.63, 3.8) is 0 Å². The van der Waals surface area contributed by atoms with Crippen LogP contribution in [0.5, 0.6) is 0 Å². The second kappa shape index (κ2) is 6.64. The van der Waals surface area contributed by atoms with Crippen molar-refractivity contribution in [2.45, 2.75) is 45.2 Å². The van der Waals surface area contributed by atoms with E-state index in [9.17, 15) is 8.78 Å². The normalized spacial score (nSPS) is 24.9. The summed E-state index contributed by atoms with van der Waals surface area (Å²) in [6.07, 6.45) is 3.15. The van der Waals surface area contributed by atoms with E-state index >= 15 is 0 Å². The quantitative estimate of drug-likeness (QED) is 0.919. The van der Waals surface area contributed by atoms with Crippen molar-refractivity contribution in [2.75, 3.05) is 13.1 Å². The number of likely N-dealkylation sites (tertiary alicyclic amines) is 1. The Morgan fingerprint density at radius 3 is 2.70 bits per heavy atom. The fraction of sp³-hybridized carbons (Fsp3) is 0.625. The first-order valence-corrected chi connectivity index (χ1v) is 7.46. The molecule has 1 aliphatic rings. The van der Waals surface area contributed by atoms with Crippen LogP contribution in [0.15, 0.2) is 18.2 Å². The highest BCUT2D eigenvalue weighted by atomic mass is 19.2. The van der Waals surface area contributed by atoms with E-state index < -0.39 is 11.6 Å². The fourth-order valence-corrected chi connectivity index (χ4v) is 3.28.